The zero-order valence-corrected chi connectivity index (χ0v) is 24.3. The van der Waals surface area contributed by atoms with E-state index in [1.54, 1.807) is 12.1 Å². The van der Waals surface area contributed by atoms with E-state index >= 15 is 0 Å². The number of nitrogens with one attached hydrogen (secondary N) is 1. The molecule has 42 heavy (non-hydrogen) atoms. The second-order valence-electron chi connectivity index (χ2n) is 12.5. The van der Waals surface area contributed by atoms with Gasteiger partial charge in [0.2, 0.25) is 0 Å². The number of esters is 1. The van der Waals surface area contributed by atoms with Crippen LogP contribution in [0.5, 0.6) is 0 Å². The van der Waals surface area contributed by atoms with Crippen LogP contribution in [0.2, 0.25) is 5.02 Å². The molecule has 4 aliphatic carbocycles. The molecule has 5 atom stereocenters. The van der Waals surface area contributed by atoms with Crippen LogP contribution < -0.4 is 10.7 Å². The minimum absolute atomic E-state index is 0.0240. The molecule has 3 aromatic carbocycles. The van der Waals surface area contributed by atoms with Gasteiger partial charge in [0.1, 0.15) is 5.60 Å². The zero-order chi connectivity index (χ0) is 29.0. The lowest BCUT2D eigenvalue weighted by molar-refractivity contribution is -0.188. The van der Waals surface area contributed by atoms with Crippen LogP contribution in [0.15, 0.2) is 83.8 Å². The van der Waals surface area contributed by atoms with E-state index in [1.165, 1.54) is 6.92 Å². The van der Waals surface area contributed by atoms with Crippen molar-refractivity contribution in [3.05, 3.63) is 111 Å². The highest BCUT2D eigenvalue weighted by Gasteiger charge is 2.57. The third-order valence-corrected chi connectivity index (χ3v) is 9.80. The molecule has 4 aromatic rings. The third-order valence-electron chi connectivity index (χ3n) is 9.56. The molecule has 4 aliphatic rings. The van der Waals surface area contributed by atoms with Crippen LogP contribution in [0.25, 0.3) is 16.6 Å². The molecule has 0 spiro atoms. The van der Waals surface area contributed by atoms with Gasteiger partial charge in [-0.05, 0) is 97.9 Å². The SMILES string of the molecule is CC(=O)O[C@]12C[C@@H]3C[C@H](C1)[C@@H](NC(=O)c1ccc(Cc4cn(-c5ccccc5)c5cc(Cl)ccc5c4=O)cc1)[C@@H](C3)C2. The Labute approximate surface area is 249 Å². The summed E-state index contributed by atoms with van der Waals surface area (Å²) in [6.07, 6.45) is 7.14. The first-order chi connectivity index (χ1) is 20.3. The van der Waals surface area contributed by atoms with Gasteiger partial charge in [0.15, 0.2) is 5.43 Å². The van der Waals surface area contributed by atoms with Gasteiger partial charge in [0.25, 0.3) is 5.91 Å². The molecule has 0 aliphatic heterocycles. The molecule has 0 saturated heterocycles. The van der Waals surface area contributed by atoms with E-state index in [2.05, 4.69) is 5.32 Å². The summed E-state index contributed by atoms with van der Waals surface area (Å²) in [7, 11) is 0. The molecule has 6 nitrogen and oxygen atoms in total. The number of hydrogen-bond acceptors (Lipinski definition) is 4. The fraction of sp³-hybridized carbons (Fsp3) is 0.343. The molecule has 1 heterocycles. The summed E-state index contributed by atoms with van der Waals surface area (Å²) >= 11 is 6.30. The summed E-state index contributed by atoms with van der Waals surface area (Å²) in [5.41, 5.74) is 3.58. The smallest absolute Gasteiger partial charge is 0.303 e. The van der Waals surface area contributed by atoms with Crippen molar-refractivity contribution < 1.29 is 14.3 Å². The maximum absolute atomic E-state index is 13.5. The highest BCUT2D eigenvalue weighted by atomic mass is 35.5. The Bertz CT molecular complexity index is 1730. The summed E-state index contributed by atoms with van der Waals surface area (Å²) in [5.74, 6) is 0.980. The van der Waals surface area contributed by atoms with Crippen molar-refractivity contribution in [2.24, 2.45) is 17.8 Å². The number of halogens is 1. The minimum atomic E-state index is -0.334. The van der Waals surface area contributed by atoms with Crippen LogP contribution >= 0.6 is 11.6 Å². The van der Waals surface area contributed by atoms with Crippen LogP contribution in [0, 0.1) is 17.8 Å². The quantitative estimate of drug-likeness (QED) is 0.265. The monoisotopic (exact) mass is 580 g/mol. The summed E-state index contributed by atoms with van der Waals surface area (Å²) < 4.78 is 7.85. The lowest BCUT2D eigenvalue weighted by Crippen LogP contribution is -2.62. The fourth-order valence-corrected chi connectivity index (χ4v) is 8.29. The van der Waals surface area contributed by atoms with Crippen LogP contribution in [-0.2, 0) is 16.0 Å². The molecule has 1 aromatic heterocycles. The van der Waals surface area contributed by atoms with E-state index in [-0.39, 0.29) is 28.9 Å². The number of ether oxygens (including phenoxy) is 1. The molecule has 4 fully saturated rings. The molecule has 7 heteroatoms. The second-order valence-corrected chi connectivity index (χ2v) is 12.9. The fourth-order valence-electron chi connectivity index (χ4n) is 8.13. The number of hydrogen-bond donors (Lipinski definition) is 1. The Morgan fingerprint density at radius 2 is 1.69 bits per heavy atom. The standard InChI is InChI=1S/C35H33ClN2O4/c1-21(39)42-35-17-23-14-25(18-35)32(26(15-23)19-35)37-34(41)24-9-7-22(8-10-24)13-27-20-38(29-5-3-2-4-6-29)31-16-28(36)11-12-30(31)33(27)40/h2-12,16,20,23,25-26,32H,13-15,17-19H2,1H3,(H,37,41)/t23-,25-,26+,32-,35-. The number of aromatic nitrogens is 1. The molecule has 1 amide bonds. The van der Waals surface area contributed by atoms with E-state index in [9.17, 15) is 14.4 Å². The molecule has 1 N–H and O–H groups in total. The highest BCUT2D eigenvalue weighted by molar-refractivity contribution is 6.31. The molecule has 4 bridgehead atoms. The van der Waals surface area contributed by atoms with Gasteiger partial charge in [0, 0.05) is 52.8 Å². The van der Waals surface area contributed by atoms with Crippen molar-refractivity contribution in [2.75, 3.05) is 0 Å². The number of carbonyl (C=O) groups is 2. The van der Waals surface area contributed by atoms with Gasteiger partial charge in [-0.1, -0.05) is 41.9 Å². The zero-order valence-electron chi connectivity index (χ0n) is 23.5. The Kier molecular flexibility index (Phi) is 6.69. The molecular weight excluding hydrogens is 548 g/mol. The van der Waals surface area contributed by atoms with Crippen LogP contribution in [0.4, 0.5) is 0 Å². The van der Waals surface area contributed by atoms with Crippen molar-refractivity contribution in [1.82, 2.24) is 9.88 Å². The molecule has 0 unspecified atom stereocenters. The van der Waals surface area contributed by atoms with Crippen molar-refractivity contribution in [3.8, 4) is 5.69 Å². The maximum Gasteiger partial charge on any atom is 0.303 e. The maximum atomic E-state index is 13.5. The number of carbonyl (C=O) groups excluding carboxylic acids is 2. The number of rotatable bonds is 6. The van der Waals surface area contributed by atoms with E-state index in [0.717, 1.165) is 48.9 Å². The van der Waals surface area contributed by atoms with Crippen LogP contribution in [0.3, 0.4) is 0 Å². The van der Waals surface area contributed by atoms with Gasteiger partial charge < -0.3 is 14.6 Å². The largest absolute Gasteiger partial charge is 0.459 e. The van der Waals surface area contributed by atoms with Gasteiger partial charge in [-0.3, -0.25) is 14.4 Å². The van der Waals surface area contributed by atoms with Crippen molar-refractivity contribution >= 4 is 34.4 Å². The molecular formula is C35H33ClN2O4. The number of nitrogens with zero attached hydrogens (tertiary/aromatic N) is 1. The lowest BCUT2D eigenvalue weighted by atomic mass is 9.52. The Morgan fingerprint density at radius 3 is 2.38 bits per heavy atom. The predicted molar refractivity (Wildman–Crippen MR) is 163 cm³/mol. The number of pyridine rings is 1. The van der Waals surface area contributed by atoms with E-state index in [4.69, 9.17) is 16.3 Å². The predicted octanol–water partition coefficient (Wildman–Crippen LogP) is 6.48. The topological polar surface area (TPSA) is 77.4 Å². The van der Waals surface area contributed by atoms with Gasteiger partial charge in [-0.25, -0.2) is 0 Å². The summed E-state index contributed by atoms with van der Waals surface area (Å²) in [6.45, 7) is 1.50. The van der Waals surface area contributed by atoms with E-state index in [1.807, 2.05) is 71.4 Å². The summed E-state index contributed by atoms with van der Waals surface area (Å²) in [5, 5.41) is 4.52. The van der Waals surface area contributed by atoms with Gasteiger partial charge in [-0.2, -0.15) is 0 Å². The van der Waals surface area contributed by atoms with Crippen molar-refractivity contribution in [1.29, 1.82) is 0 Å². The highest BCUT2D eigenvalue weighted by Crippen LogP contribution is 2.57. The number of amides is 1. The molecule has 0 radical (unpaired) electrons. The van der Waals surface area contributed by atoms with Crippen LogP contribution in [0.1, 0.15) is 60.5 Å². The lowest BCUT2D eigenvalue weighted by Gasteiger charge is -2.59. The van der Waals surface area contributed by atoms with Gasteiger partial charge in [0.05, 0.1) is 5.52 Å². The Morgan fingerprint density at radius 1 is 0.976 bits per heavy atom. The average molecular weight is 581 g/mol. The second kappa shape index (κ2) is 10.4. The Hall–Kier alpha value is -3.90. The van der Waals surface area contributed by atoms with Crippen LogP contribution in [-0.4, -0.2) is 28.1 Å². The van der Waals surface area contributed by atoms with Gasteiger partial charge >= 0.3 is 5.97 Å². The molecule has 4 saturated carbocycles. The minimum Gasteiger partial charge on any atom is -0.459 e. The summed E-state index contributed by atoms with van der Waals surface area (Å²) in [4.78, 5) is 38.6. The number of para-hydroxylation sites is 1. The molecule has 8 rings (SSSR count). The van der Waals surface area contributed by atoms with E-state index < -0.39 is 0 Å². The van der Waals surface area contributed by atoms with Gasteiger partial charge in [-0.15, -0.1) is 0 Å². The third kappa shape index (κ3) is 4.92. The number of benzene rings is 3. The summed E-state index contributed by atoms with van der Waals surface area (Å²) in [6, 6.07) is 22.9. The first kappa shape index (κ1) is 27.0. The average Bonchev–Trinajstić information content (AvgIpc) is 2.96. The normalized spacial score (nSPS) is 25.9. The van der Waals surface area contributed by atoms with Crippen molar-refractivity contribution in [2.45, 2.75) is 57.1 Å². The van der Waals surface area contributed by atoms with E-state index in [0.29, 0.717) is 45.7 Å². The van der Waals surface area contributed by atoms with Crippen molar-refractivity contribution in [3.63, 3.8) is 0 Å². The Balaban J connectivity index is 1.10. The first-order valence-corrected chi connectivity index (χ1v) is 15.1. The first-order valence-electron chi connectivity index (χ1n) is 14.8. The number of fused-ring (bicyclic) bond motifs is 1. The molecule has 214 valence electrons.